The van der Waals surface area contributed by atoms with Crippen LogP contribution in [0.25, 0.3) is 0 Å². The van der Waals surface area contributed by atoms with Gasteiger partial charge in [-0.15, -0.1) is 0 Å². The Morgan fingerprint density at radius 2 is 2.00 bits per heavy atom. The van der Waals surface area contributed by atoms with E-state index < -0.39 is 10.8 Å². The largest absolute Gasteiger partial charge is 0.338 e. The zero-order valence-corrected chi connectivity index (χ0v) is 14.4. The molecule has 1 aliphatic heterocycles. The summed E-state index contributed by atoms with van der Waals surface area (Å²) < 4.78 is 11.5. The van der Waals surface area contributed by atoms with Gasteiger partial charge in [-0.25, -0.2) is 0 Å². The Morgan fingerprint density at radius 3 is 2.78 bits per heavy atom. The summed E-state index contributed by atoms with van der Waals surface area (Å²) in [7, 11) is -0.811. The predicted molar refractivity (Wildman–Crippen MR) is 91.1 cm³/mol. The molecule has 23 heavy (non-hydrogen) atoms. The number of hydrogen-bond acceptors (Lipinski definition) is 3. The molecule has 1 aromatic carbocycles. The van der Waals surface area contributed by atoms with Gasteiger partial charge in [-0.3, -0.25) is 13.8 Å². The summed E-state index contributed by atoms with van der Waals surface area (Å²) in [4.78, 5) is 26.4. The van der Waals surface area contributed by atoms with Crippen LogP contribution in [0, 0.1) is 0 Å². The normalized spacial score (nSPS) is 23.6. The van der Waals surface area contributed by atoms with Gasteiger partial charge < -0.3 is 4.90 Å². The third kappa shape index (κ3) is 3.71. The van der Waals surface area contributed by atoms with Crippen molar-refractivity contribution in [2.75, 3.05) is 18.1 Å². The monoisotopic (exact) mass is 333 g/mol. The number of carbonyl (C=O) groups excluding carboxylic acids is 2. The van der Waals surface area contributed by atoms with Crippen molar-refractivity contribution in [1.29, 1.82) is 0 Å². The van der Waals surface area contributed by atoms with Crippen LogP contribution in [0.2, 0.25) is 0 Å². The van der Waals surface area contributed by atoms with E-state index in [2.05, 4.69) is 6.07 Å². The van der Waals surface area contributed by atoms with Gasteiger partial charge in [0.2, 0.25) is 5.91 Å². The molecule has 1 aliphatic carbocycles. The van der Waals surface area contributed by atoms with Gasteiger partial charge in [0.15, 0.2) is 5.78 Å². The minimum atomic E-state index is -0.811. The maximum absolute atomic E-state index is 12.3. The fourth-order valence-corrected chi connectivity index (χ4v) is 4.77. The maximum atomic E-state index is 12.3. The van der Waals surface area contributed by atoms with Crippen LogP contribution in [0.3, 0.4) is 0 Å². The molecule has 0 unspecified atom stereocenters. The number of carbonyl (C=O) groups is 2. The second-order valence-electron chi connectivity index (χ2n) is 6.51. The van der Waals surface area contributed by atoms with Crippen LogP contribution in [0.15, 0.2) is 18.2 Å². The molecular formula is C18H23NO3S. The summed E-state index contributed by atoms with van der Waals surface area (Å²) in [6.07, 6.45) is 3.82. The number of ketones is 1. The molecule has 1 heterocycles. The zero-order valence-electron chi connectivity index (χ0n) is 13.5. The molecule has 2 aliphatic rings. The molecule has 0 radical (unpaired) electrons. The lowest BCUT2D eigenvalue weighted by atomic mass is 10.0. The van der Waals surface area contributed by atoms with Crippen LogP contribution in [0.1, 0.15) is 47.7 Å². The Morgan fingerprint density at radius 1 is 1.22 bits per heavy atom. The van der Waals surface area contributed by atoms with E-state index in [9.17, 15) is 13.8 Å². The third-order valence-corrected chi connectivity index (χ3v) is 6.32. The van der Waals surface area contributed by atoms with Crippen molar-refractivity contribution < 1.29 is 13.8 Å². The van der Waals surface area contributed by atoms with Gasteiger partial charge in [-0.05, 0) is 43.4 Å². The predicted octanol–water partition coefficient (Wildman–Crippen LogP) is 2.12. The van der Waals surface area contributed by atoms with E-state index in [1.165, 1.54) is 17.5 Å². The van der Waals surface area contributed by atoms with Gasteiger partial charge in [0, 0.05) is 53.3 Å². The van der Waals surface area contributed by atoms with Crippen molar-refractivity contribution in [2.24, 2.45) is 0 Å². The van der Waals surface area contributed by atoms with E-state index in [0.717, 1.165) is 18.4 Å². The van der Waals surface area contributed by atoms with Crippen molar-refractivity contribution in [1.82, 2.24) is 4.90 Å². The zero-order chi connectivity index (χ0) is 16.4. The van der Waals surface area contributed by atoms with E-state index in [4.69, 9.17) is 0 Å². The van der Waals surface area contributed by atoms with Gasteiger partial charge in [0.1, 0.15) is 0 Å². The molecule has 0 saturated carbocycles. The molecule has 1 fully saturated rings. The first-order valence-electron chi connectivity index (χ1n) is 8.34. The van der Waals surface area contributed by atoms with Crippen LogP contribution in [0.4, 0.5) is 0 Å². The first kappa shape index (κ1) is 16.4. The Bertz CT molecular complexity index is 656. The number of nitrogens with zero attached hydrogens (tertiary/aromatic N) is 1. The van der Waals surface area contributed by atoms with Crippen LogP contribution in [0.5, 0.6) is 0 Å². The Kier molecular flexibility index (Phi) is 4.95. The third-order valence-electron chi connectivity index (χ3n) is 4.83. The first-order valence-corrected chi connectivity index (χ1v) is 9.83. The molecule has 4 nitrogen and oxygen atoms in total. The Balaban J connectivity index is 1.56. The second kappa shape index (κ2) is 6.95. The Hall–Kier alpha value is -1.49. The second-order valence-corrected chi connectivity index (χ2v) is 8.13. The molecule has 0 aromatic heterocycles. The van der Waals surface area contributed by atoms with E-state index in [-0.39, 0.29) is 30.6 Å². The molecule has 1 amide bonds. The highest BCUT2D eigenvalue weighted by Crippen LogP contribution is 2.23. The van der Waals surface area contributed by atoms with Crippen molar-refractivity contribution in [3.8, 4) is 0 Å². The number of hydrogen-bond donors (Lipinski definition) is 0. The summed E-state index contributed by atoms with van der Waals surface area (Å²) in [6, 6.07) is 5.96. The SMILES string of the molecule is C[C@H]1C[S@@](=O)CCN1C(=O)CCC(=O)c1ccc2c(c1)CCC2. The van der Waals surface area contributed by atoms with Gasteiger partial charge >= 0.3 is 0 Å². The quantitative estimate of drug-likeness (QED) is 0.793. The highest BCUT2D eigenvalue weighted by molar-refractivity contribution is 7.85. The first-order chi connectivity index (χ1) is 11.0. The maximum Gasteiger partial charge on any atom is 0.223 e. The van der Waals surface area contributed by atoms with Gasteiger partial charge in [-0.1, -0.05) is 12.1 Å². The molecular weight excluding hydrogens is 310 g/mol. The number of amides is 1. The number of fused-ring (bicyclic) bond motifs is 1. The highest BCUT2D eigenvalue weighted by Gasteiger charge is 2.26. The Labute approximate surface area is 139 Å². The lowest BCUT2D eigenvalue weighted by Crippen LogP contribution is -2.48. The standard InChI is InChI=1S/C18H23NO3S/c1-13-12-23(22)10-9-19(13)18(21)8-7-17(20)16-6-5-14-3-2-4-15(14)11-16/h5-6,11,13H,2-4,7-10,12H2,1H3/t13-,23-/m0/s1. The van der Waals surface area contributed by atoms with Gasteiger partial charge in [0.05, 0.1) is 0 Å². The lowest BCUT2D eigenvalue weighted by molar-refractivity contribution is -0.132. The number of Topliss-reactive ketones (excluding diaryl/α,β-unsaturated/α-hetero) is 1. The molecule has 124 valence electrons. The number of benzene rings is 1. The lowest BCUT2D eigenvalue weighted by Gasteiger charge is -2.33. The molecule has 0 bridgehead atoms. The van der Waals surface area contributed by atoms with Crippen molar-refractivity contribution >= 4 is 22.5 Å². The fraction of sp³-hybridized carbons (Fsp3) is 0.556. The molecule has 0 spiro atoms. The van der Waals surface area contributed by atoms with E-state index in [1.54, 1.807) is 4.90 Å². The number of rotatable bonds is 4. The van der Waals surface area contributed by atoms with E-state index in [0.29, 0.717) is 18.1 Å². The molecule has 5 heteroatoms. The summed E-state index contributed by atoms with van der Waals surface area (Å²) in [5, 5.41) is 0. The molecule has 0 N–H and O–H groups in total. The van der Waals surface area contributed by atoms with E-state index >= 15 is 0 Å². The van der Waals surface area contributed by atoms with Gasteiger partial charge in [0.25, 0.3) is 0 Å². The molecule has 3 rings (SSSR count). The summed E-state index contributed by atoms with van der Waals surface area (Å²) in [5.74, 6) is 1.14. The van der Waals surface area contributed by atoms with Crippen molar-refractivity contribution in [3.05, 3.63) is 34.9 Å². The van der Waals surface area contributed by atoms with Gasteiger partial charge in [-0.2, -0.15) is 0 Å². The van der Waals surface area contributed by atoms with Crippen LogP contribution in [-0.4, -0.2) is 44.9 Å². The molecule has 1 aromatic rings. The van der Waals surface area contributed by atoms with E-state index in [1.807, 2.05) is 19.1 Å². The fourth-order valence-electron chi connectivity index (χ4n) is 3.49. The number of aryl methyl sites for hydroxylation is 2. The topological polar surface area (TPSA) is 54.5 Å². The highest BCUT2D eigenvalue weighted by atomic mass is 32.2. The summed E-state index contributed by atoms with van der Waals surface area (Å²) in [5.41, 5.74) is 3.37. The van der Waals surface area contributed by atoms with Crippen molar-refractivity contribution in [2.45, 2.75) is 45.1 Å². The average Bonchev–Trinajstić information content (AvgIpc) is 2.99. The smallest absolute Gasteiger partial charge is 0.223 e. The molecule has 1 saturated heterocycles. The van der Waals surface area contributed by atoms with Crippen LogP contribution in [-0.2, 0) is 28.4 Å². The minimum Gasteiger partial charge on any atom is -0.338 e. The minimum absolute atomic E-state index is 0.00344. The average molecular weight is 333 g/mol. The van der Waals surface area contributed by atoms with Crippen LogP contribution < -0.4 is 0 Å². The summed E-state index contributed by atoms with van der Waals surface area (Å²) >= 11 is 0. The molecule has 2 atom stereocenters. The van der Waals surface area contributed by atoms with Crippen LogP contribution >= 0.6 is 0 Å². The van der Waals surface area contributed by atoms with Crippen molar-refractivity contribution in [3.63, 3.8) is 0 Å². The summed E-state index contributed by atoms with van der Waals surface area (Å²) in [6.45, 7) is 2.47.